The molecule has 0 aromatic carbocycles. The summed E-state index contributed by atoms with van der Waals surface area (Å²) < 4.78 is 10.2. The zero-order chi connectivity index (χ0) is 12.7. The molecule has 0 radical (unpaired) electrons. The molecule has 0 aromatic heterocycles. The van der Waals surface area contributed by atoms with Crippen molar-refractivity contribution in [2.45, 2.75) is 31.8 Å². The SMILES string of the molecule is COCCC(C)(O)CNC(=O)C1CCCOC1. The topological polar surface area (TPSA) is 67.8 Å². The van der Waals surface area contributed by atoms with Gasteiger partial charge in [-0.05, 0) is 19.8 Å². The van der Waals surface area contributed by atoms with Crippen LogP contribution in [0, 0.1) is 5.92 Å². The van der Waals surface area contributed by atoms with Gasteiger partial charge in [-0.25, -0.2) is 0 Å². The van der Waals surface area contributed by atoms with E-state index in [0.717, 1.165) is 19.4 Å². The van der Waals surface area contributed by atoms with Gasteiger partial charge in [-0.2, -0.15) is 0 Å². The van der Waals surface area contributed by atoms with Crippen LogP contribution in [0.1, 0.15) is 26.2 Å². The van der Waals surface area contributed by atoms with E-state index in [0.29, 0.717) is 19.6 Å². The number of carbonyl (C=O) groups excluding carboxylic acids is 1. The Bertz CT molecular complexity index is 237. The van der Waals surface area contributed by atoms with Crippen LogP contribution in [0.25, 0.3) is 0 Å². The van der Waals surface area contributed by atoms with Crippen LogP contribution in [-0.2, 0) is 14.3 Å². The highest BCUT2D eigenvalue weighted by atomic mass is 16.5. The molecule has 2 unspecified atom stereocenters. The molecule has 2 N–H and O–H groups in total. The van der Waals surface area contributed by atoms with E-state index in [2.05, 4.69) is 5.32 Å². The normalized spacial score (nSPS) is 24.1. The van der Waals surface area contributed by atoms with Crippen LogP contribution >= 0.6 is 0 Å². The lowest BCUT2D eigenvalue weighted by Gasteiger charge is -2.26. The second-order valence-corrected chi connectivity index (χ2v) is 4.87. The predicted molar refractivity (Wildman–Crippen MR) is 63.7 cm³/mol. The molecule has 0 spiro atoms. The summed E-state index contributed by atoms with van der Waals surface area (Å²) in [6, 6.07) is 0. The minimum Gasteiger partial charge on any atom is -0.388 e. The van der Waals surface area contributed by atoms with E-state index in [-0.39, 0.29) is 18.4 Å². The molecule has 100 valence electrons. The van der Waals surface area contributed by atoms with Crippen molar-refractivity contribution in [3.05, 3.63) is 0 Å². The molecule has 0 aliphatic carbocycles. The van der Waals surface area contributed by atoms with Crippen LogP contribution in [0.4, 0.5) is 0 Å². The van der Waals surface area contributed by atoms with Gasteiger partial charge in [-0.3, -0.25) is 4.79 Å². The van der Waals surface area contributed by atoms with Gasteiger partial charge in [0.25, 0.3) is 0 Å². The van der Waals surface area contributed by atoms with Gasteiger partial charge in [0.05, 0.1) is 18.1 Å². The first kappa shape index (κ1) is 14.4. The molecular weight excluding hydrogens is 222 g/mol. The Labute approximate surface area is 102 Å². The van der Waals surface area contributed by atoms with Gasteiger partial charge in [-0.15, -0.1) is 0 Å². The van der Waals surface area contributed by atoms with Crippen LogP contribution in [0.2, 0.25) is 0 Å². The van der Waals surface area contributed by atoms with Crippen molar-refractivity contribution in [3.8, 4) is 0 Å². The fourth-order valence-corrected chi connectivity index (χ4v) is 1.78. The number of hydrogen-bond acceptors (Lipinski definition) is 4. The van der Waals surface area contributed by atoms with Crippen molar-refractivity contribution in [1.29, 1.82) is 0 Å². The molecule has 17 heavy (non-hydrogen) atoms. The summed E-state index contributed by atoms with van der Waals surface area (Å²) in [5.41, 5.74) is -0.915. The molecule has 2 atom stereocenters. The average Bonchev–Trinajstić information content (AvgIpc) is 2.35. The molecule has 0 aromatic rings. The second kappa shape index (κ2) is 6.93. The van der Waals surface area contributed by atoms with Gasteiger partial charge >= 0.3 is 0 Å². The first-order chi connectivity index (χ1) is 8.05. The van der Waals surface area contributed by atoms with Gasteiger partial charge in [0, 0.05) is 33.3 Å². The van der Waals surface area contributed by atoms with Crippen LogP contribution in [-0.4, -0.2) is 50.1 Å². The zero-order valence-corrected chi connectivity index (χ0v) is 10.7. The smallest absolute Gasteiger partial charge is 0.225 e. The highest BCUT2D eigenvalue weighted by Gasteiger charge is 2.25. The fraction of sp³-hybridized carbons (Fsp3) is 0.917. The van der Waals surface area contributed by atoms with E-state index in [1.807, 2.05) is 0 Å². The zero-order valence-electron chi connectivity index (χ0n) is 10.7. The number of nitrogens with one attached hydrogen (secondary N) is 1. The molecule has 1 fully saturated rings. The number of methoxy groups -OCH3 is 1. The molecule has 0 saturated carbocycles. The Hall–Kier alpha value is -0.650. The standard InChI is InChI=1S/C12H23NO4/c1-12(15,5-7-16-2)9-13-11(14)10-4-3-6-17-8-10/h10,15H,3-9H2,1-2H3,(H,13,14). The van der Waals surface area contributed by atoms with Gasteiger partial charge in [0.2, 0.25) is 5.91 Å². The number of carbonyl (C=O) groups is 1. The summed E-state index contributed by atoms with van der Waals surface area (Å²) in [4.78, 5) is 11.8. The van der Waals surface area contributed by atoms with Crippen LogP contribution in [0.3, 0.4) is 0 Å². The van der Waals surface area contributed by atoms with E-state index in [4.69, 9.17) is 9.47 Å². The molecule has 1 saturated heterocycles. The number of amides is 1. The molecule has 1 amide bonds. The lowest BCUT2D eigenvalue weighted by molar-refractivity contribution is -0.130. The number of hydrogen-bond donors (Lipinski definition) is 2. The predicted octanol–water partition coefficient (Wildman–Crippen LogP) is 0.317. The summed E-state index contributed by atoms with van der Waals surface area (Å²) in [5.74, 6) is -0.0932. The number of rotatable bonds is 6. The average molecular weight is 245 g/mol. The number of aliphatic hydroxyl groups is 1. The molecule has 0 bridgehead atoms. The lowest BCUT2D eigenvalue weighted by atomic mass is 9.99. The molecule has 1 aliphatic rings. The third-order valence-electron chi connectivity index (χ3n) is 3.02. The molecule has 1 rings (SSSR count). The first-order valence-electron chi connectivity index (χ1n) is 6.12. The highest BCUT2D eigenvalue weighted by Crippen LogP contribution is 2.14. The first-order valence-corrected chi connectivity index (χ1v) is 6.12. The largest absolute Gasteiger partial charge is 0.388 e. The van der Waals surface area contributed by atoms with Gasteiger partial charge < -0.3 is 19.9 Å². The molecule has 1 aliphatic heterocycles. The third-order valence-corrected chi connectivity index (χ3v) is 3.02. The Morgan fingerprint density at radius 1 is 1.65 bits per heavy atom. The maximum Gasteiger partial charge on any atom is 0.225 e. The van der Waals surface area contributed by atoms with Crippen molar-refractivity contribution in [2.24, 2.45) is 5.92 Å². The molecule has 5 nitrogen and oxygen atoms in total. The van der Waals surface area contributed by atoms with Crippen molar-refractivity contribution >= 4 is 5.91 Å². The van der Waals surface area contributed by atoms with E-state index in [1.54, 1.807) is 14.0 Å². The third kappa shape index (κ3) is 5.48. The van der Waals surface area contributed by atoms with Crippen LogP contribution < -0.4 is 5.32 Å². The van der Waals surface area contributed by atoms with E-state index < -0.39 is 5.60 Å². The van der Waals surface area contributed by atoms with Crippen LogP contribution in [0.15, 0.2) is 0 Å². The minimum atomic E-state index is -0.915. The Morgan fingerprint density at radius 3 is 3.00 bits per heavy atom. The van der Waals surface area contributed by atoms with Gasteiger partial charge in [-0.1, -0.05) is 0 Å². The van der Waals surface area contributed by atoms with Crippen LogP contribution in [0.5, 0.6) is 0 Å². The van der Waals surface area contributed by atoms with Gasteiger partial charge in [0.1, 0.15) is 0 Å². The quantitative estimate of drug-likeness (QED) is 0.707. The Kier molecular flexibility index (Phi) is 5.88. The van der Waals surface area contributed by atoms with Crippen molar-refractivity contribution in [1.82, 2.24) is 5.32 Å². The molecule has 1 heterocycles. The molecular formula is C12H23NO4. The van der Waals surface area contributed by atoms with Gasteiger partial charge in [0.15, 0.2) is 0 Å². The Morgan fingerprint density at radius 2 is 2.41 bits per heavy atom. The summed E-state index contributed by atoms with van der Waals surface area (Å²) in [7, 11) is 1.59. The van der Waals surface area contributed by atoms with Crippen molar-refractivity contribution in [2.75, 3.05) is 33.5 Å². The summed E-state index contributed by atoms with van der Waals surface area (Å²) in [6.07, 6.45) is 2.30. The van der Waals surface area contributed by atoms with Crippen molar-refractivity contribution in [3.63, 3.8) is 0 Å². The van der Waals surface area contributed by atoms with Crippen molar-refractivity contribution < 1.29 is 19.4 Å². The monoisotopic (exact) mass is 245 g/mol. The number of ether oxygens (including phenoxy) is 2. The van der Waals surface area contributed by atoms with E-state index >= 15 is 0 Å². The maximum absolute atomic E-state index is 11.8. The highest BCUT2D eigenvalue weighted by molar-refractivity contribution is 5.78. The fourth-order valence-electron chi connectivity index (χ4n) is 1.78. The second-order valence-electron chi connectivity index (χ2n) is 4.87. The minimum absolute atomic E-state index is 0.0256. The lowest BCUT2D eigenvalue weighted by Crippen LogP contribution is -2.44. The summed E-state index contributed by atoms with van der Waals surface area (Å²) in [5, 5.41) is 12.7. The molecule has 5 heteroatoms. The summed E-state index contributed by atoms with van der Waals surface area (Å²) >= 11 is 0. The Balaban J connectivity index is 2.26. The van der Waals surface area contributed by atoms with E-state index in [9.17, 15) is 9.90 Å². The maximum atomic E-state index is 11.8. The van der Waals surface area contributed by atoms with E-state index in [1.165, 1.54) is 0 Å². The summed E-state index contributed by atoms with van der Waals surface area (Å²) in [6.45, 7) is 3.67.